The summed E-state index contributed by atoms with van der Waals surface area (Å²) in [6, 6.07) is 1.25. The highest BCUT2D eigenvalue weighted by Crippen LogP contribution is 2.33. The summed E-state index contributed by atoms with van der Waals surface area (Å²) in [4.78, 5) is 6.77. The van der Waals surface area contributed by atoms with Gasteiger partial charge < -0.3 is 15.2 Å². The van der Waals surface area contributed by atoms with Crippen molar-refractivity contribution in [3.63, 3.8) is 0 Å². The van der Waals surface area contributed by atoms with Gasteiger partial charge in [-0.1, -0.05) is 5.16 Å². The van der Waals surface area contributed by atoms with Gasteiger partial charge in [-0.05, 0) is 47.1 Å². The van der Waals surface area contributed by atoms with Gasteiger partial charge in [0.05, 0.1) is 5.92 Å². The molecule has 0 saturated heterocycles. The predicted octanol–water partition coefficient (Wildman–Crippen LogP) is 1.68. The van der Waals surface area contributed by atoms with Crippen LogP contribution in [0.25, 0.3) is 0 Å². The van der Waals surface area contributed by atoms with Crippen LogP contribution in [0.1, 0.15) is 50.7 Å². The summed E-state index contributed by atoms with van der Waals surface area (Å²) in [6.45, 7) is 6.29. The molecule has 3 atom stereocenters. The standard InChI is InChI=1S/C13H24N4O/c1-8(2)17(4)10-5-6-12(14)11(7-10)13-15-9(3)16-18-13/h8,10-12H,5-7,14H2,1-4H3/t10-,11-,12+/m1/s1. The van der Waals surface area contributed by atoms with E-state index in [1.54, 1.807) is 0 Å². The lowest BCUT2D eigenvalue weighted by Gasteiger charge is -2.39. The Morgan fingerprint density at radius 3 is 2.67 bits per heavy atom. The lowest BCUT2D eigenvalue weighted by Crippen LogP contribution is -2.45. The zero-order chi connectivity index (χ0) is 13.3. The van der Waals surface area contributed by atoms with Crippen molar-refractivity contribution in [2.24, 2.45) is 5.73 Å². The Hall–Kier alpha value is -0.940. The molecule has 0 bridgehead atoms. The van der Waals surface area contributed by atoms with E-state index in [4.69, 9.17) is 10.3 Å². The van der Waals surface area contributed by atoms with Gasteiger partial charge in [-0.25, -0.2) is 0 Å². The lowest BCUT2D eigenvalue weighted by molar-refractivity contribution is 0.128. The molecule has 0 spiro atoms. The molecule has 5 heteroatoms. The molecule has 102 valence electrons. The largest absolute Gasteiger partial charge is 0.339 e. The van der Waals surface area contributed by atoms with Crippen LogP contribution in [0.3, 0.4) is 0 Å². The molecule has 1 heterocycles. The zero-order valence-electron chi connectivity index (χ0n) is 11.8. The predicted molar refractivity (Wildman–Crippen MR) is 70.3 cm³/mol. The third-order valence-electron chi connectivity index (χ3n) is 4.13. The second kappa shape index (κ2) is 5.36. The third kappa shape index (κ3) is 2.72. The SMILES string of the molecule is Cc1noc([C@@H]2C[C@H](N(C)C(C)C)CC[C@@H]2N)n1. The number of aromatic nitrogens is 2. The Balaban J connectivity index is 2.10. The van der Waals surface area contributed by atoms with Crippen molar-refractivity contribution in [1.29, 1.82) is 0 Å². The van der Waals surface area contributed by atoms with E-state index < -0.39 is 0 Å². The molecule has 18 heavy (non-hydrogen) atoms. The van der Waals surface area contributed by atoms with E-state index in [1.807, 2.05) is 6.92 Å². The van der Waals surface area contributed by atoms with E-state index >= 15 is 0 Å². The number of hydrogen-bond donors (Lipinski definition) is 1. The molecular formula is C13H24N4O. The van der Waals surface area contributed by atoms with Crippen LogP contribution in [0, 0.1) is 6.92 Å². The van der Waals surface area contributed by atoms with E-state index in [1.165, 1.54) is 0 Å². The zero-order valence-corrected chi connectivity index (χ0v) is 11.8. The van der Waals surface area contributed by atoms with E-state index in [2.05, 4.69) is 35.9 Å². The molecule has 0 radical (unpaired) electrons. The molecule has 2 N–H and O–H groups in total. The first kappa shape index (κ1) is 13.5. The van der Waals surface area contributed by atoms with Gasteiger partial charge >= 0.3 is 0 Å². The van der Waals surface area contributed by atoms with Crippen LogP contribution in [-0.2, 0) is 0 Å². The summed E-state index contributed by atoms with van der Waals surface area (Å²) in [7, 11) is 2.18. The van der Waals surface area contributed by atoms with Crippen molar-refractivity contribution in [3.05, 3.63) is 11.7 Å². The van der Waals surface area contributed by atoms with Gasteiger partial charge in [-0.3, -0.25) is 0 Å². The van der Waals surface area contributed by atoms with Gasteiger partial charge in [-0.15, -0.1) is 0 Å². The minimum Gasteiger partial charge on any atom is -0.339 e. The highest BCUT2D eigenvalue weighted by Gasteiger charge is 2.34. The molecule has 0 unspecified atom stereocenters. The van der Waals surface area contributed by atoms with Gasteiger partial charge in [0.1, 0.15) is 0 Å². The van der Waals surface area contributed by atoms with E-state index in [0.29, 0.717) is 23.8 Å². The number of rotatable bonds is 3. The molecule has 1 aromatic heterocycles. The molecule has 0 amide bonds. The first-order chi connectivity index (χ1) is 8.49. The fraction of sp³-hybridized carbons (Fsp3) is 0.846. The van der Waals surface area contributed by atoms with Crippen LogP contribution in [0.5, 0.6) is 0 Å². The number of nitrogens with two attached hydrogens (primary N) is 1. The maximum absolute atomic E-state index is 6.21. The van der Waals surface area contributed by atoms with Crippen molar-refractivity contribution < 1.29 is 4.52 Å². The molecule has 0 aliphatic heterocycles. The Morgan fingerprint density at radius 1 is 1.39 bits per heavy atom. The van der Waals surface area contributed by atoms with Crippen molar-refractivity contribution >= 4 is 0 Å². The van der Waals surface area contributed by atoms with Crippen molar-refractivity contribution in [2.75, 3.05) is 7.05 Å². The average Bonchev–Trinajstić information content (AvgIpc) is 2.75. The molecule has 1 aromatic rings. The Labute approximate surface area is 109 Å². The Morgan fingerprint density at radius 2 is 2.11 bits per heavy atom. The van der Waals surface area contributed by atoms with Crippen molar-refractivity contribution in [2.45, 2.75) is 64.1 Å². The molecule has 0 aromatic carbocycles. The summed E-state index contributed by atoms with van der Waals surface area (Å²) in [6.07, 6.45) is 3.19. The topological polar surface area (TPSA) is 68.2 Å². The second-order valence-corrected chi connectivity index (χ2v) is 5.68. The molecular weight excluding hydrogens is 228 g/mol. The van der Waals surface area contributed by atoms with E-state index in [0.717, 1.165) is 19.3 Å². The number of hydrogen-bond acceptors (Lipinski definition) is 5. The molecule has 1 aliphatic carbocycles. The maximum Gasteiger partial charge on any atom is 0.231 e. The van der Waals surface area contributed by atoms with Gasteiger partial charge in [-0.2, -0.15) is 4.98 Å². The average molecular weight is 252 g/mol. The Bertz CT molecular complexity index is 390. The fourth-order valence-corrected chi connectivity index (χ4v) is 2.71. The number of nitrogens with zero attached hydrogens (tertiary/aromatic N) is 3. The molecule has 1 fully saturated rings. The van der Waals surface area contributed by atoms with Crippen LogP contribution in [0.4, 0.5) is 0 Å². The van der Waals surface area contributed by atoms with Gasteiger partial charge in [0, 0.05) is 18.1 Å². The van der Waals surface area contributed by atoms with Crippen LogP contribution in [0.15, 0.2) is 4.52 Å². The number of aryl methyl sites for hydroxylation is 1. The summed E-state index contributed by atoms with van der Waals surface area (Å²) in [5.74, 6) is 1.60. The third-order valence-corrected chi connectivity index (χ3v) is 4.13. The molecule has 1 aliphatic rings. The van der Waals surface area contributed by atoms with Gasteiger partial charge in [0.2, 0.25) is 5.89 Å². The first-order valence-electron chi connectivity index (χ1n) is 6.76. The van der Waals surface area contributed by atoms with Crippen molar-refractivity contribution in [1.82, 2.24) is 15.0 Å². The highest BCUT2D eigenvalue weighted by atomic mass is 16.5. The summed E-state index contributed by atoms with van der Waals surface area (Å²) in [5.41, 5.74) is 6.21. The van der Waals surface area contributed by atoms with E-state index in [9.17, 15) is 0 Å². The monoisotopic (exact) mass is 252 g/mol. The molecule has 5 nitrogen and oxygen atoms in total. The smallest absolute Gasteiger partial charge is 0.231 e. The highest BCUT2D eigenvalue weighted by molar-refractivity contribution is 5.03. The molecule has 1 saturated carbocycles. The second-order valence-electron chi connectivity index (χ2n) is 5.68. The van der Waals surface area contributed by atoms with Crippen LogP contribution < -0.4 is 5.73 Å². The van der Waals surface area contributed by atoms with E-state index in [-0.39, 0.29) is 12.0 Å². The quantitative estimate of drug-likeness (QED) is 0.886. The maximum atomic E-state index is 6.21. The van der Waals surface area contributed by atoms with Gasteiger partial charge in [0.15, 0.2) is 5.82 Å². The minimum atomic E-state index is 0.140. The minimum absolute atomic E-state index is 0.140. The Kier molecular flexibility index (Phi) is 4.02. The normalized spacial score (nSPS) is 29.2. The first-order valence-corrected chi connectivity index (χ1v) is 6.76. The van der Waals surface area contributed by atoms with Crippen molar-refractivity contribution in [3.8, 4) is 0 Å². The molecule has 2 rings (SSSR count). The van der Waals surface area contributed by atoms with Crippen LogP contribution in [-0.4, -0.2) is 40.2 Å². The lowest BCUT2D eigenvalue weighted by atomic mass is 9.81. The fourth-order valence-electron chi connectivity index (χ4n) is 2.71. The summed E-state index contributed by atoms with van der Waals surface area (Å²) < 4.78 is 5.30. The van der Waals surface area contributed by atoms with Crippen LogP contribution in [0.2, 0.25) is 0 Å². The summed E-state index contributed by atoms with van der Waals surface area (Å²) in [5, 5.41) is 3.88. The van der Waals surface area contributed by atoms with Crippen LogP contribution >= 0.6 is 0 Å². The van der Waals surface area contributed by atoms with Gasteiger partial charge in [0.25, 0.3) is 0 Å². The summed E-state index contributed by atoms with van der Waals surface area (Å²) >= 11 is 0.